The average Bonchev–Trinajstić information content (AvgIpc) is 1.96. The maximum atomic E-state index is 11.7. The lowest BCUT2D eigenvalue weighted by atomic mass is 9.50. The Morgan fingerprint density at radius 3 is 2.25 bits per heavy atom. The molecule has 4 rings (SSSR count). The van der Waals surface area contributed by atoms with Crippen LogP contribution in [-0.4, -0.2) is 5.78 Å². The molecule has 0 aromatic carbocycles. The predicted molar refractivity (Wildman–Crippen MR) is 46.7 cm³/mol. The van der Waals surface area contributed by atoms with Crippen molar-refractivity contribution in [1.29, 1.82) is 0 Å². The van der Waals surface area contributed by atoms with Crippen molar-refractivity contribution in [2.45, 2.75) is 39.0 Å². The summed E-state index contributed by atoms with van der Waals surface area (Å²) in [5.74, 6) is 2.47. The average molecular weight is 164 g/mol. The first-order valence-corrected chi connectivity index (χ1v) is 5.20. The smallest absolute Gasteiger partial charge is 0.139 e. The first-order valence-electron chi connectivity index (χ1n) is 5.20. The van der Waals surface area contributed by atoms with Gasteiger partial charge in [-0.3, -0.25) is 4.79 Å². The zero-order valence-electron chi connectivity index (χ0n) is 7.68. The number of carbonyl (C=O) groups is 1. The van der Waals surface area contributed by atoms with Crippen LogP contribution >= 0.6 is 0 Å². The van der Waals surface area contributed by atoms with Crippen LogP contribution in [0.4, 0.5) is 0 Å². The van der Waals surface area contributed by atoms with Gasteiger partial charge in [0.25, 0.3) is 0 Å². The molecule has 4 aliphatic carbocycles. The van der Waals surface area contributed by atoms with E-state index in [0.29, 0.717) is 23.0 Å². The van der Waals surface area contributed by atoms with E-state index in [4.69, 9.17) is 0 Å². The molecular formula is C11H16O. The number of carbonyl (C=O) groups excluding carboxylic acids is 1. The van der Waals surface area contributed by atoms with E-state index in [0.717, 1.165) is 5.92 Å². The van der Waals surface area contributed by atoms with Gasteiger partial charge in [0.1, 0.15) is 5.78 Å². The molecule has 0 aliphatic heterocycles. The molecule has 12 heavy (non-hydrogen) atoms. The van der Waals surface area contributed by atoms with Crippen LogP contribution in [-0.2, 0) is 4.79 Å². The topological polar surface area (TPSA) is 17.1 Å². The van der Waals surface area contributed by atoms with Gasteiger partial charge in [-0.25, -0.2) is 0 Å². The number of hydrogen-bond donors (Lipinski definition) is 0. The summed E-state index contributed by atoms with van der Waals surface area (Å²) in [6, 6.07) is 0. The van der Waals surface area contributed by atoms with Crippen molar-refractivity contribution in [3.05, 3.63) is 0 Å². The van der Waals surface area contributed by atoms with Crippen LogP contribution in [0.25, 0.3) is 0 Å². The van der Waals surface area contributed by atoms with Gasteiger partial charge in [-0.1, -0.05) is 6.92 Å². The highest BCUT2D eigenvalue weighted by Crippen LogP contribution is 2.58. The van der Waals surface area contributed by atoms with Crippen LogP contribution < -0.4 is 0 Å². The highest BCUT2D eigenvalue weighted by Gasteiger charge is 2.52. The zero-order valence-corrected chi connectivity index (χ0v) is 7.68. The Kier molecular flexibility index (Phi) is 1.15. The lowest BCUT2D eigenvalue weighted by molar-refractivity contribution is -0.146. The largest absolute Gasteiger partial charge is 0.299 e. The van der Waals surface area contributed by atoms with Gasteiger partial charge in [-0.15, -0.1) is 0 Å². The minimum Gasteiger partial charge on any atom is -0.299 e. The minimum atomic E-state index is 0.473. The van der Waals surface area contributed by atoms with Crippen LogP contribution in [0.1, 0.15) is 39.0 Å². The summed E-state index contributed by atoms with van der Waals surface area (Å²) >= 11 is 0. The van der Waals surface area contributed by atoms with Gasteiger partial charge in [0.2, 0.25) is 0 Å². The molecule has 4 fully saturated rings. The fourth-order valence-electron chi connectivity index (χ4n) is 4.14. The fraction of sp³-hybridized carbons (Fsp3) is 0.909. The van der Waals surface area contributed by atoms with E-state index in [1.165, 1.54) is 32.1 Å². The number of hydrogen-bond acceptors (Lipinski definition) is 1. The summed E-state index contributed by atoms with van der Waals surface area (Å²) < 4.78 is 0. The molecule has 66 valence electrons. The summed E-state index contributed by atoms with van der Waals surface area (Å²) in [5, 5.41) is 0. The Morgan fingerprint density at radius 1 is 1.17 bits per heavy atom. The normalized spacial score (nSPS) is 56.4. The van der Waals surface area contributed by atoms with Gasteiger partial charge < -0.3 is 0 Å². The van der Waals surface area contributed by atoms with Crippen molar-refractivity contribution in [2.75, 3.05) is 0 Å². The first-order chi connectivity index (χ1) is 5.66. The molecular weight excluding hydrogens is 148 g/mol. The van der Waals surface area contributed by atoms with E-state index in [1.807, 2.05) is 0 Å². The van der Waals surface area contributed by atoms with Crippen molar-refractivity contribution in [2.24, 2.45) is 23.2 Å². The summed E-state index contributed by atoms with van der Waals surface area (Å²) in [7, 11) is 0. The van der Waals surface area contributed by atoms with Crippen molar-refractivity contribution < 1.29 is 4.79 Å². The molecule has 1 heteroatoms. The Labute approximate surface area is 73.5 Å². The van der Waals surface area contributed by atoms with E-state index >= 15 is 0 Å². The molecule has 4 aliphatic rings. The molecule has 0 saturated heterocycles. The molecule has 0 radical (unpaired) electrons. The summed E-state index contributed by atoms with van der Waals surface area (Å²) in [6.45, 7) is 2.39. The van der Waals surface area contributed by atoms with Gasteiger partial charge in [-0.2, -0.15) is 0 Å². The number of rotatable bonds is 0. The van der Waals surface area contributed by atoms with Crippen molar-refractivity contribution in [3.63, 3.8) is 0 Å². The molecule has 1 nitrogen and oxygen atoms in total. The molecule has 4 atom stereocenters. The van der Waals surface area contributed by atoms with Gasteiger partial charge >= 0.3 is 0 Å². The van der Waals surface area contributed by atoms with Crippen LogP contribution in [0, 0.1) is 23.2 Å². The minimum absolute atomic E-state index is 0.473. The Bertz CT molecular complexity index is 225. The van der Waals surface area contributed by atoms with Gasteiger partial charge in [-0.05, 0) is 43.4 Å². The molecule has 0 heterocycles. The van der Waals surface area contributed by atoms with E-state index in [-0.39, 0.29) is 0 Å². The monoisotopic (exact) mass is 164 g/mol. The third-order valence-corrected chi connectivity index (χ3v) is 4.30. The van der Waals surface area contributed by atoms with Gasteiger partial charge in [0.15, 0.2) is 0 Å². The predicted octanol–water partition coefficient (Wildman–Crippen LogP) is 2.40. The molecule has 4 saturated carbocycles. The Morgan fingerprint density at radius 2 is 1.75 bits per heavy atom. The third kappa shape index (κ3) is 0.773. The second-order valence-corrected chi connectivity index (χ2v) is 5.56. The van der Waals surface area contributed by atoms with Gasteiger partial charge in [0.05, 0.1) is 0 Å². The Hall–Kier alpha value is -0.330. The number of Topliss-reactive ketones (excluding diaryl/α,β-unsaturated/α-hetero) is 1. The van der Waals surface area contributed by atoms with Crippen LogP contribution in [0.15, 0.2) is 0 Å². The first kappa shape index (κ1) is 7.11. The van der Waals surface area contributed by atoms with Crippen LogP contribution in [0.5, 0.6) is 0 Å². The van der Waals surface area contributed by atoms with Crippen molar-refractivity contribution >= 4 is 5.78 Å². The molecule has 0 spiro atoms. The van der Waals surface area contributed by atoms with E-state index < -0.39 is 0 Å². The molecule has 0 amide bonds. The van der Waals surface area contributed by atoms with E-state index in [2.05, 4.69) is 6.92 Å². The molecule has 4 bridgehead atoms. The Balaban J connectivity index is 2.00. The highest BCUT2D eigenvalue weighted by molar-refractivity contribution is 5.85. The van der Waals surface area contributed by atoms with E-state index in [1.54, 1.807) is 0 Å². The molecule has 0 aromatic rings. The standard InChI is InChI=1S/C11H16O/c1-11-4-7-2-8(5-11)10(12)9(3-7)6-11/h7-9H,2-6H2,1H3/t7?,8-,9+,11?. The fourth-order valence-corrected chi connectivity index (χ4v) is 4.14. The molecule has 0 N–H and O–H groups in total. The molecule has 0 aromatic heterocycles. The highest BCUT2D eigenvalue weighted by atomic mass is 16.1. The zero-order chi connectivity index (χ0) is 8.34. The maximum absolute atomic E-state index is 11.7. The lowest BCUT2D eigenvalue weighted by Crippen LogP contribution is -2.50. The molecule has 2 unspecified atom stereocenters. The second-order valence-electron chi connectivity index (χ2n) is 5.56. The summed E-state index contributed by atoms with van der Waals surface area (Å²) in [6.07, 6.45) is 6.28. The van der Waals surface area contributed by atoms with Crippen molar-refractivity contribution in [1.82, 2.24) is 0 Å². The number of ketones is 1. The van der Waals surface area contributed by atoms with E-state index in [9.17, 15) is 4.79 Å². The second kappa shape index (κ2) is 1.94. The quantitative estimate of drug-likeness (QED) is 0.537. The van der Waals surface area contributed by atoms with Crippen LogP contribution in [0.2, 0.25) is 0 Å². The summed E-state index contributed by atoms with van der Waals surface area (Å²) in [5.41, 5.74) is 0.560. The third-order valence-electron chi connectivity index (χ3n) is 4.30. The lowest BCUT2D eigenvalue weighted by Gasteiger charge is -2.54. The van der Waals surface area contributed by atoms with Crippen molar-refractivity contribution in [3.8, 4) is 0 Å². The maximum Gasteiger partial charge on any atom is 0.139 e. The van der Waals surface area contributed by atoms with Crippen LogP contribution in [0.3, 0.4) is 0 Å². The SMILES string of the molecule is CC12CC3C[C@H](C1)C(=O)[C@@H](C3)C2. The summed E-state index contributed by atoms with van der Waals surface area (Å²) in [4.78, 5) is 11.7. The van der Waals surface area contributed by atoms with Gasteiger partial charge in [0, 0.05) is 11.8 Å².